The molecule has 1 aliphatic rings. The highest BCUT2D eigenvalue weighted by molar-refractivity contribution is 5.49. The van der Waals surface area contributed by atoms with Crippen molar-refractivity contribution in [1.29, 1.82) is 0 Å². The van der Waals surface area contributed by atoms with Gasteiger partial charge in [0.05, 0.1) is 18.8 Å². The summed E-state index contributed by atoms with van der Waals surface area (Å²) in [4.78, 5) is 11.8. The Morgan fingerprint density at radius 2 is 2.12 bits per heavy atom. The van der Waals surface area contributed by atoms with E-state index in [1.807, 2.05) is 4.57 Å². The molecule has 136 valence electrons. The Hall–Kier alpha value is -2.06. The largest absolute Gasteiger partial charge is 0.383 e. The van der Waals surface area contributed by atoms with Gasteiger partial charge < -0.3 is 19.5 Å². The van der Waals surface area contributed by atoms with Gasteiger partial charge in [-0.2, -0.15) is 0 Å². The molecule has 0 aliphatic carbocycles. The van der Waals surface area contributed by atoms with Gasteiger partial charge in [0.1, 0.15) is 18.0 Å². The van der Waals surface area contributed by atoms with Gasteiger partial charge in [0.15, 0.2) is 5.82 Å². The quantitative estimate of drug-likeness (QED) is 0.787. The number of ether oxygens (including phenoxy) is 1. The van der Waals surface area contributed by atoms with Gasteiger partial charge in [0, 0.05) is 45.7 Å². The predicted octanol–water partition coefficient (Wildman–Crippen LogP) is 0.602. The van der Waals surface area contributed by atoms with Crippen molar-refractivity contribution >= 4 is 5.82 Å². The molecule has 3 rings (SSSR count). The van der Waals surface area contributed by atoms with Gasteiger partial charge in [0.25, 0.3) is 0 Å². The Kier molecular flexibility index (Phi) is 5.93. The molecule has 0 aromatic carbocycles. The van der Waals surface area contributed by atoms with E-state index in [4.69, 9.17) is 14.7 Å². The summed E-state index contributed by atoms with van der Waals surface area (Å²) in [5.74, 6) is 2.84. The minimum absolute atomic E-state index is 0.642. The second kappa shape index (κ2) is 8.35. The Morgan fingerprint density at radius 1 is 1.28 bits per heavy atom. The Balaban J connectivity index is 1.86. The number of rotatable bonds is 7. The Morgan fingerprint density at radius 3 is 2.92 bits per heavy atom. The Labute approximate surface area is 148 Å². The van der Waals surface area contributed by atoms with Crippen LogP contribution in [0.15, 0.2) is 6.33 Å². The van der Waals surface area contributed by atoms with E-state index in [0.717, 1.165) is 56.4 Å². The number of anilines is 1. The summed E-state index contributed by atoms with van der Waals surface area (Å²) in [6.07, 6.45) is 4.50. The average Bonchev–Trinajstić information content (AvgIpc) is 2.92. The monoisotopic (exact) mass is 345 g/mol. The van der Waals surface area contributed by atoms with E-state index in [9.17, 15) is 0 Å². The topological polar surface area (TPSA) is 81.0 Å². The number of aryl methyl sites for hydroxylation is 1. The summed E-state index contributed by atoms with van der Waals surface area (Å²) >= 11 is 0. The van der Waals surface area contributed by atoms with Gasteiger partial charge in [-0.05, 0) is 13.0 Å². The molecule has 0 spiro atoms. The smallest absolute Gasteiger partial charge is 0.152 e. The lowest BCUT2D eigenvalue weighted by Crippen LogP contribution is -2.24. The second-order valence-electron chi connectivity index (χ2n) is 6.28. The summed E-state index contributed by atoms with van der Waals surface area (Å²) in [5.41, 5.74) is 2.44. The fourth-order valence-corrected chi connectivity index (χ4v) is 3.11. The molecule has 0 bridgehead atoms. The highest BCUT2D eigenvalue weighted by atomic mass is 16.5. The third-order valence-electron chi connectivity index (χ3n) is 4.50. The molecular weight excluding hydrogens is 318 g/mol. The van der Waals surface area contributed by atoms with Crippen LogP contribution in [0, 0.1) is 0 Å². The van der Waals surface area contributed by atoms with Crippen LogP contribution in [0.3, 0.4) is 0 Å². The minimum Gasteiger partial charge on any atom is -0.383 e. The maximum Gasteiger partial charge on any atom is 0.152 e. The SMILES string of the molecule is CCc1nc2c(c(N(C)Cc3nncn3CCOC)n1)CCNCC2. The predicted molar refractivity (Wildman–Crippen MR) is 95.7 cm³/mol. The van der Waals surface area contributed by atoms with E-state index >= 15 is 0 Å². The van der Waals surface area contributed by atoms with Gasteiger partial charge in [-0.15, -0.1) is 10.2 Å². The molecule has 8 nitrogen and oxygen atoms in total. The van der Waals surface area contributed by atoms with E-state index in [1.165, 1.54) is 11.3 Å². The number of nitrogens with one attached hydrogen (secondary N) is 1. The molecule has 0 saturated carbocycles. The molecule has 2 aromatic heterocycles. The first-order valence-electron chi connectivity index (χ1n) is 8.89. The maximum atomic E-state index is 5.16. The molecule has 0 amide bonds. The summed E-state index contributed by atoms with van der Waals surface area (Å²) in [6.45, 7) is 6.09. The lowest BCUT2D eigenvalue weighted by Gasteiger charge is -2.22. The number of nitrogens with zero attached hydrogens (tertiary/aromatic N) is 6. The minimum atomic E-state index is 0.642. The fraction of sp³-hybridized carbons (Fsp3) is 0.647. The zero-order valence-corrected chi connectivity index (χ0v) is 15.3. The zero-order valence-electron chi connectivity index (χ0n) is 15.3. The van der Waals surface area contributed by atoms with Gasteiger partial charge in [-0.1, -0.05) is 6.92 Å². The molecule has 0 unspecified atom stereocenters. The van der Waals surface area contributed by atoms with E-state index in [-0.39, 0.29) is 0 Å². The van der Waals surface area contributed by atoms with Crippen LogP contribution >= 0.6 is 0 Å². The molecule has 0 saturated heterocycles. The van der Waals surface area contributed by atoms with Crippen LogP contribution < -0.4 is 10.2 Å². The summed E-state index contributed by atoms with van der Waals surface area (Å²) in [5, 5.41) is 11.8. The van der Waals surface area contributed by atoms with Crippen LogP contribution in [-0.2, 0) is 37.1 Å². The maximum absolute atomic E-state index is 5.16. The van der Waals surface area contributed by atoms with Crippen molar-refractivity contribution in [3.63, 3.8) is 0 Å². The van der Waals surface area contributed by atoms with E-state index in [1.54, 1.807) is 13.4 Å². The molecule has 3 heterocycles. The van der Waals surface area contributed by atoms with Gasteiger partial charge in [0.2, 0.25) is 0 Å². The van der Waals surface area contributed by atoms with Crippen molar-refractivity contribution in [2.24, 2.45) is 0 Å². The first-order valence-corrected chi connectivity index (χ1v) is 8.89. The van der Waals surface area contributed by atoms with Crippen LogP contribution in [0.25, 0.3) is 0 Å². The van der Waals surface area contributed by atoms with Crippen molar-refractivity contribution in [2.75, 3.05) is 38.8 Å². The van der Waals surface area contributed by atoms with Crippen molar-refractivity contribution in [3.8, 4) is 0 Å². The first kappa shape index (κ1) is 17.8. The lowest BCUT2D eigenvalue weighted by molar-refractivity contribution is 0.186. The first-order chi connectivity index (χ1) is 12.2. The number of aromatic nitrogens is 5. The molecule has 25 heavy (non-hydrogen) atoms. The molecule has 2 aromatic rings. The standard InChI is InChI=1S/C17H27N7O/c1-4-15-20-14-6-8-18-7-5-13(14)17(21-15)23(2)11-16-22-19-12-24(16)9-10-25-3/h12,18H,4-11H2,1-3H3. The van der Waals surface area contributed by atoms with Gasteiger partial charge in [-0.25, -0.2) is 9.97 Å². The van der Waals surface area contributed by atoms with E-state index in [2.05, 4.69) is 34.4 Å². The number of methoxy groups -OCH3 is 1. The zero-order chi connectivity index (χ0) is 17.6. The van der Waals surface area contributed by atoms with E-state index in [0.29, 0.717) is 13.2 Å². The molecule has 0 atom stereocenters. The van der Waals surface area contributed by atoms with Crippen molar-refractivity contribution in [2.45, 2.75) is 39.3 Å². The Bertz CT molecular complexity index is 700. The van der Waals surface area contributed by atoms with Crippen LogP contribution in [0.2, 0.25) is 0 Å². The molecule has 0 radical (unpaired) electrons. The van der Waals surface area contributed by atoms with E-state index < -0.39 is 0 Å². The molecular formula is C17H27N7O. The van der Waals surface area contributed by atoms with Crippen LogP contribution in [0.5, 0.6) is 0 Å². The number of hydrogen-bond acceptors (Lipinski definition) is 7. The summed E-state index contributed by atoms with van der Waals surface area (Å²) in [7, 11) is 3.77. The van der Waals surface area contributed by atoms with Gasteiger partial charge in [-0.3, -0.25) is 0 Å². The molecule has 1 aliphatic heterocycles. The van der Waals surface area contributed by atoms with Crippen LogP contribution in [-0.4, -0.2) is 58.6 Å². The third kappa shape index (κ3) is 4.13. The number of hydrogen-bond donors (Lipinski definition) is 1. The highest BCUT2D eigenvalue weighted by Crippen LogP contribution is 2.24. The average molecular weight is 345 g/mol. The summed E-state index contributed by atoms with van der Waals surface area (Å²) in [6, 6.07) is 0. The summed E-state index contributed by atoms with van der Waals surface area (Å²) < 4.78 is 7.19. The lowest BCUT2D eigenvalue weighted by atomic mass is 10.1. The second-order valence-corrected chi connectivity index (χ2v) is 6.28. The molecule has 1 N–H and O–H groups in total. The van der Waals surface area contributed by atoms with Crippen molar-refractivity contribution < 1.29 is 4.74 Å². The number of fused-ring (bicyclic) bond motifs is 1. The van der Waals surface area contributed by atoms with Crippen molar-refractivity contribution in [1.82, 2.24) is 30.0 Å². The highest BCUT2D eigenvalue weighted by Gasteiger charge is 2.20. The third-order valence-corrected chi connectivity index (χ3v) is 4.50. The molecule has 8 heteroatoms. The normalized spacial score (nSPS) is 14.2. The van der Waals surface area contributed by atoms with Gasteiger partial charge >= 0.3 is 0 Å². The molecule has 0 fully saturated rings. The van der Waals surface area contributed by atoms with Crippen LogP contribution in [0.1, 0.15) is 29.8 Å². The van der Waals surface area contributed by atoms with Crippen molar-refractivity contribution in [3.05, 3.63) is 29.2 Å². The van der Waals surface area contributed by atoms with Crippen LogP contribution in [0.4, 0.5) is 5.82 Å². The fourth-order valence-electron chi connectivity index (χ4n) is 3.11.